The molecule has 1 aliphatic carbocycles. The van der Waals surface area contributed by atoms with E-state index in [9.17, 15) is 23.1 Å². The van der Waals surface area contributed by atoms with Crippen LogP contribution in [0.2, 0.25) is 0 Å². The van der Waals surface area contributed by atoms with E-state index >= 15 is 0 Å². The molecule has 2 atom stereocenters. The predicted molar refractivity (Wildman–Crippen MR) is 167 cm³/mol. The smallest absolute Gasteiger partial charge is 0.286 e. The van der Waals surface area contributed by atoms with Gasteiger partial charge in [0.25, 0.3) is 11.5 Å². The first-order valence-electron chi connectivity index (χ1n) is 15.0. The van der Waals surface area contributed by atoms with Gasteiger partial charge in [0.2, 0.25) is 16.3 Å². The number of aliphatic hydroxyl groups excluding tert-OH is 1. The van der Waals surface area contributed by atoms with E-state index in [4.69, 9.17) is 14.2 Å². The summed E-state index contributed by atoms with van der Waals surface area (Å²) in [6.07, 6.45) is 3.12. The Labute approximate surface area is 262 Å². The Morgan fingerprint density at radius 3 is 2.47 bits per heavy atom. The number of methoxy groups -OCH3 is 1. The summed E-state index contributed by atoms with van der Waals surface area (Å²) >= 11 is 0. The summed E-state index contributed by atoms with van der Waals surface area (Å²) in [6.45, 7) is 1.73. The lowest BCUT2D eigenvalue weighted by Gasteiger charge is -2.29. The van der Waals surface area contributed by atoms with Gasteiger partial charge >= 0.3 is 0 Å². The van der Waals surface area contributed by atoms with Gasteiger partial charge in [-0.15, -0.1) is 0 Å². The van der Waals surface area contributed by atoms with Gasteiger partial charge in [0.1, 0.15) is 5.75 Å². The van der Waals surface area contributed by atoms with Crippen molar-refractivity contribution in [3.63, 3.8) is 0 Å². The molecule has 242 valence electrons. The molecule has 45 heavy (non-hydrogen) atoms. The van der Waals surface area contributed by atoms with Crippen LogP contribution in [0, 0.1) is 12.8 Å². The van der Waals surface area contributed by atoms with Crippen molar-refractivity contribution in [3.8, 4) is 11.4 Å². The van der Waals surface area contributed by atoms with Crippen LogP contribution in [0.4, 0.5) is 0 Å². The van der Waals surface area contributed by atoms with Gasteiger partial charge in [-0.05, 0) is 68.2 Å². The standard InChI is InChI=1S/C32H40N4O8S/c1-22-30(32(39)36(34(22)2)25-7-5-4-6-8-25)24-19-28(31(38)33-21-23-9-10-23)44-29(20-24)43-18-16-35(15-17-37)45(40,41)27-13-11-26(42-3)12-14-27/h4-8,11-14,19,23-24,29,37H,9-10,15-18,20-21H2,1-3H3,(H,33,38)/t24-,29+/m1/s1. The third kappa shape index (κ3) is 7.33. The number of carbonyl (C=O) groups is 1. The number of hydrogen-bond acceptors (Lipinski definition) is 8. The summed E-state index contributed by atoms with van der Waals surface area (Å²) in [5.74, 6) is 0.153. The zero-order valence-electron chi connectivity index (χ0n) is 25.7. The van der Waals surface area contributed by atoms with E-state index in [1.165, 1.54) is 19.2 Å². The predicted octanol–water partition coefficient (Wildman–Crippen LogP) is 2.43. The second-order valence-electron chi connectivity index (χ2n) is 11.2. The molecule has 0 saturated heterocycles. The molecule has 12 nitrogen and oxygen atoms in total. The highest BCUT2D eigenvalue weighted by molar-refractivity contribution is 7.89. The number of allylic oxidation sites excluding steroid dienone is 1. The van der Waals surface area contributed by atoms with Gasteiger partial charge in [0.05, 0.1) is 30.9 Å². The average Bonchev–Trinajstić information content (AvgIpc) is 3.85. The SMILES string of the molecule is COc1ccc(S(=O)(=O)N(CCO)CCO[C@@H]2C[C@H](c3c(C)n(C)n(-c4ccccc4)c3=O)C=C(C(=O)NCC3CC3)O2)cc1. The molecule has 5 rings (SSSR count). The largest absolute Gasteiger partial charge is 0.497 e. The first kappa shape index (κ1) is 32.5. The molecule has 13 heteroatoms. The lowest BCUT2D eigenvalue weighted by Crippen LogP contribution is -2.38. The highest BCUT2D eigenvalue weighted by Gasteiger charge is 2.34. The summed E-state index contributed by atoms with van der Waals surface area (Å²) in [6, 6.07) is 15.3. The molecule has 0 spiro atoms. The van der Waals surface area contributed by atoms with Crippen LogP contribution in [-0.2, 0) is 31.3 Å². The van der Waals surface area contributed by atoms with Crippen molar-refractivity contribution in [2.45, 2.75) is 43.3 Å². The molecule has 0 unspecified atom stereocenters. The van der Waals surface area contributed by atoms with Crippen molar-refractivity contribution in [2.24, 2.45) is 13.0 Å². The van der Waals surface area contributed by atoms with Crippen molar-refractivity contribution < 1.29 is 32.5 Å². The van der Waals surface area contributed by atoms with Crippen LogP contribution in [0.5, 0.6) is 5.75 Å². The summed E-state index contributed by atoms with van der Waals surface area (Å²) < 4.78 is 48.3. The molecule has 1 amide bonds. The van der Waals surface area contributed by atoms with Crippen LogP contribution in [0.25, 0.3) is 5.69 Å². The number of nitrogens with one attached hydrogen (secondary N) is 1. The maximum atomic E-state index is 13.8. The molecule has 2 N–H and O–H groups in total. The van der Waals surface area contributed by atoms with Crippen LogP contribution in [0.1, 0.15) is 36.4 Å². The topological polar surface area (TPSA) is 141 Å². The van der Waals surface area contributed by atoms with Gasteiger partial charge in [0.15, 0.2) is 5.76 Å². The van der Waals surface area contributed by atoms with Crippen molar-refractivity contribution in [3.05, 3.63) is 88.0 Å². The van der Waals surface area contributed by atoms with Crippen LogP contribution >= 0.6 is 0 Å². The fraction of sp³-hybridized carbons (Fsp3) is 0.438. The second-order valence-corrected chi connectivity index (χ2v) is 13.2. The first-order chi connectivity index (χ1) is 21.6. The van der Waals surface area contributed by atoms with E-state index in [2.05, 4.69) is 5.32 Å². The number of benzene rings is 2. The van der Waals surface area contributed by atoms with E-state index in [-0.39, 0.29) is 54.8 Å². The Morgan fingerprint density at radius 1 is 1.11 bits per heavy atom. The van der Waals surface area contributed by atoms with E-state index in [1.807, 2.05) is 44.3 Å². The summed E-state index contributed by atoms with van der Waals surface area (Å²) in [4.78, 5) is 27.0. The molecule has 1 aromatic heterocycles. The summed E-state index contributed by atoms with van der Waals surface area (Å²) in [5, 5.41) is 12.5. The lowest BCUT2D eigenvalue weighted by molar-refractivity contribution is -0.146. The first-order valence-corrected chi connectivity index (χ1v) is 16.4. The van der Waals surface area contributed by atoms with Crippen molar-refractivity contribution in [1.29, 1.82) is 0 Å². The Bertz CT molecular complexity index is 1680. The quantitative estimate of drug-likeness (QED) is 0.274. The fourth-order valence-corrected chi connectivity index (χ4v) is 6.84. The zero-order chi connectivity index (χ0) is 32.1. The maximum Gasteiger partial charge on any atom is 0.286 e. The number of ether oxygens (including phenoxy) is 3. The minimum Gasteiger partial charge on any atom is -0.497 e. The number of carbonyl (C=O) groups excluding carboxylic acids is 1. The van der Waals surface area contributed by atoms with Crippen LogP contribution in [0.15, 0.2) is 76.1 Å². The lowest BCUT2D eigenvalue weighted by atomic mass is 9.93. The number of aliphatic hydroxyl groups is 1. The van der Waals surface area contributed by atoms with Crippen molar-refractivity contribution >= 4 is 15.9 Å². The normalized spacial score (nSPS) is 18.4. The molecule has 0 bridgehead atoms. The molecule has 2 aliphatic rings. The third-order valence-corrected chi connectivity index (χ3v) is 10.1. The number of rotatable bonds is 14. The summed E-state index contributed by atoms with van der Waals surface area (Å²) in [5.41, 5.74) is 1.77. The minimum atomic E-state index is -3.94. The van der Waals surface area contributed by atoms with E-state index in [0.717, 1.165) is 22.8 Å². The number of para-hydroxylation sites is 1. The molecular weight excluding hydrogens is 600 g/mol. The van der Waals surface area contributed by atoms with E-state index in [1.54, 1.807) is 27.6 Å². The number of hydrogen-bond donors (Lipinski definition) is 2. The Kier molecular flexibility index (Phi) is 10.1. The molecule has 1 saturated carbocycles. The van der Waals surface area contributed by atoms with E-state index in [0.29, 0.717) is 29.5 Å². The average molecular weight is 641 g/mol. The van der Waals surface area contributed by atoms with Crippen LogP contribution in [0.3, 0.4) is 0 Å². The highest BCUT2D eigenvalue weighted by Crippen LogP contribution is 2.33. The fourth-order valence-electron chi connectivity index (χ4n) is 5.43. The monoisotopic (exact) mass is 640 g/mol. The van der Waals surface area contributed by atoms with Gasteiger partial charge < -0.3 is 24.6 Å². The van der Waals surface area contributed by atoms with E-state index < -0.39 is 22.2 Å². The Hall–Kier alpha value is -3.91. The van der Waals surface area contributed by atoms with Crippen molar-refractivity contribution in [2.75, 3.05) is 40.0 Å². The molecule has 1 fully saturated rings. The molecule has 3 aromatic rings. The second kappa shape index (κ2) is 14.0. The maximum absolute atomic E-state index is 13.8. The van der Waals surface area contributed by atoms with Gasteiger partial charge in [-0.2, -0.15) is 4.31 Å². The molecule has 1 aliphatic heterocycles. The number of sulfonamides is 1. The molecule has 2 aromatic carbocycles. The van der Waals surface area contributed by atoms with Crippen LogP contribution in [-0.4, -0.2) is 79.3 Å². The third-order valence-electron chi connectivity index (χ3n) is 8.19. The molecule has 2 heterocycles. The Morgan fingerprint density at radius 2 is 1.82 bits per heavy atom. The minimum absolute atomic E-state index is 0.0533. The molecular formula is C32H40N4O8S. The van der Waals surface area contributed by atoms with Crippen LogP contribution < -0.4 is 15.6 Å². The van der Waals surface area contributed by atoms with Gasteiger partial charge in [-0.3, -0.25) is 14.3 Å². The van der Waals surface area contributed by atoms with Gasteiger partial charge in [0, 0.05) is 50.3 Å². The van der Waals surface area contributed by atoms with Gasteiger partial charge in [-0.1, -0.05) is 18.2 Å². The highest BCUT2D eigenvalue weighted by atomic mass is 32.2. The van der Waals surface area contributed by atoms with Crippen molar-refractivity contribution in [1.82, 2.24) is 19.0 Å². The summed E-state index contributed by atoms with van der Waals surface area (Å²) in [7, 11) is -0.639. The number of aromatic nitrogens is 2. The zero-order valence-corrected chi connectivity index (χ0v) is 26.5. The Balaban J connectivity index is 1.36. The number of nitrogens with zero attached hydrogens (tertiary/aromatic N) is 3. The molecule has 0 radical (unpaired) electrons. The van der Waals surface area contributed by atoms with Gasteiger partial charge in [-0.25, -0.2) is 13.1 Å². The number of amides is 1.